The van der Waals surface area contributed by atoms with E-state index < -0.39 is 6.29 Å². The maximum Gasteiger partial charge on any atom is 0.159 e. The summed E-state index contributed by atoms with van der Waals surface area (Å²) in [5.41, 5.74) is 1.96. The van der Waals surface area contributed by atoms with Gasteiger partial charge in [-0.3, -0.25) is 4.98 Å². The Labute approximate surface area is 72.8 Å². The molecule has 1 aromatic rings. The van der Waals surface area contributed by atoms with Crippen LogP contribution in [0.25, 0.3) is 0 Å². The van der Waals surface area contributed by atoms with Crippen molar-refractivity contribution < 1.29 is 9.84 Å². The van der Waals surface area contributed by atoms with Gasteiger partial charge in [-0.2, -0.15) is 0 Å². The molecule has 0 radical (unpaired) electrons. The maximum atomic E-state index is 9.12. The predicted molar refractivity (Wildman–Crippen MR) is 49.1 cm³/mol. The molecule has 0 saturated heterocycles. The van der Waals surface area contributed by atoms with E-state index in [0.717, 1.165) is 11.2 Å². The molecule has 1 atom stereocenters. The third-order valence-electron chi connectivity index (χ3n) is 1.63. The minimum Gasteiger partial charge on any atom is -0.368 e. The second-order valence-electron chi connectivity index (χ2n) is 2.72. The van der Waals surface area contributed by atoms with Crippen LogP contribution < -0.4 is 5.46 Å². The molecular weight excluding hydrogens is 153 g/mol. The van der Waals surface area contributed by atoms with Crippen LogP contribution in [0, 0.1) is 0 Å². The number of nitrogens with zero attached hydrogens (tertiary/aromatic N) is 1. The van der Waals surface area contributed by atoms with E-state index >= 15 is 0 Å². The second kappa shape index (κ2) is 4.23. The fourth-order valence-electron chi connectivity index (χ4n) is 0.881. The molecule has 4 heteroatoms. The van der Waals surface area contributed by atoms with Crippen LogP contribution in [0.2, 0.25) is 0 Å². The van der Waals surface area contributed by atoms with Crippen molar-refractivity contribution in [3.05, 3.63) is 24.0 Å². The van der Waals surface area contributed by atoms with Gasteiger partial charge in [-0.25, -0.2) is 0 Å². The Kier molecular flexibility index (Phi) is 3.25. The molecule has 0 aromatic carbocycles. The minimum absolute atomic E-state index is 0.441. The van der Waals surface area contributed by atoms with E-state index in [1.807, 2.05) is 20.0 Å². The van der Waals surface area contributed by atoms with Crippen molar-refractivity contribution >= 4 is 13.3 Å². The Morgan fingerprint density at radius 2 is 2.42 bits per heavy atom. The average molecular weight is 165 g/mol. The first-order chi connectivity index (χ1) is 5.72. The summed E-state index contributed by atoms with van der Waals surface area (Å²) in [7, 11) is 3.45. The fraction of sp³-hybridized carbons (Fsp3) is 0.375. The monoisotopic (exact) mass is 165 g/mol. The van der Waals surface area contributed by atoms with Crippen molar-refractivity contribution in [1.29, 1.82) is 0 Å². The molecule has 12 heavy (non-hydrogen) atoms. The van der Waals surface area contributed by atoms with Crippen LogP contribution in [0.1, 0.15) is 5.69 Å². The molecule has 0 aliphatic rings. The Hall–Kier alpha value is -0.865. The lowest BCUT2D eigenvalue weighted by Crippen LogP contribution is -2.14. The summed E-state index contributed by atoms with van der Waals surface area (Å²) in [5, 5.41) is 9.12. The number of aromatic nitrogens is 1. The zero-order valence-electron chi connectivity index (χ0n) is 7.32. The van der Waals surface area contributed by atoms with E-state index in [9.17, 15) is 0 Å². The molecule has 64 valence electrons. The maximum absolute atomic E-state index is 9.12. The quantitative estimate of drug-likeness (QED) is 0.454. The molecule has 1 N–H and O–H groups in total. The Bertz CT molecular complexity index is 237. The Balaban J connectivity index is 2.58. The van der Waals surface area contributed by atoms with E-state index in [1.54, 1.807) is 6.20 Å². The summed E-state index contributed by atoms with van der Waals surface area (Å²) >= 11 is 0. The third kappa shape index (κ3) is 2.64. The van der Waals surface area contributed by atoms with Gasteiger partial charge in [-0.15, -0.1) is 0 Å². The van der Waals surface area contributed by atoms with Gasteiger partial charge >= 0.3 is 0 Å². The molecule has 0 bridgehead atoms. The summed E-state index contributed by atoms with van der Waals surface area (Å²) in [5.74, 6) is 0. The van der Waals surface area contributed by atoms with Gasteiger partial charge in [0.25, 0.3) is 0 Å². The van der Waals surface area contributed by atoms with Crippen molar-refractivity contribution in [3.63, 3.8) is 0 Å². The highest BCUT2D eigenvalue weighted by Crippen LogP contribution is 1.97. The summed E-state index contributed by atoms with van der Waals surface area (Å²) in [6, 6.07) is 3.85. The number of pyridine rings is 1. The van der Waals surface area contributed by atoms with Crippen molar-refractivity contribution in [2.75, 3.05) is 7.11 Å². The van der Waals surface area contributed by atoms with Gasteiger partial charge in [-0.05, 0) is 6.07 Å². The highest BCUT2D eigenvalue weighted by Gasteiger charge is 2.03. The standard InChI is InChI=1S/C8H12BNO2/c1-12-8(11)4-7-3-2-6(9)5-10-7/h2-3,5,8,11H,4,9H2,1H3. The van der Waals surface area contributed by atoms with Crippen LogP contribution in [0.3, 0.4) is 0 Å². The molecule has 0 saturated carbocycles. The lowest BCUT2D eigenvalue weighted by atomic mass is 9.98. The van der Waals surface area contributed by atoms with Gasteiger partial charge in [0.15, 0.2) is 6.29 Å². The van der Waals surface area contributed by atoms with Crippen molar-refractivity contribution in [1.82, 2.24) is 4.98 Å². The molecule has 0 aliphatic carbocycles. The molecule has 1 rings (SSSR count). The highest BCUT2D eigenvalue weighted by atomic mass is 16.6. The van der Waals surface area contributed by atoms with Gasteiger partial charge in [0.05, 0.1) is 0 Å². The average Bonchev–Trinajstić information content (AvgIpc) is 2.09. The van der Waals surface area contributed by atoms with Gasteiger partial charge < -0.3 is 9.84 Å². The SMILES string of the molecule is Bc1ccc(CC(O)OC)nc1. The number of aliphatic hydroxyl groups excluding tert-OH is 1. The number of ether oxygens (including phenoxy) is 1. The smallest absolute Gasteiger partial charge is 0.159 e. The van der Waals surface area contributed by atoms with Crippen LogP contribution in [-0.4, -0.2) is 31.3 Å². The van der Waals surface area contributed by atoms with Crippen molar-refractivity contribution in [2.45, 2.75) is 12.7 Å². The Morgan fingerprint density at radius 3 is 2.92 bits per heavy atom. The van der Waals surface area contributed by atoms with E-state index in [0.29, 0.717) is 6.42 Å². The molecule has 1 heterocycles. The number of methoxy groups -OCH3 is 1. The van der Waals surface area contributed by atoms with Crippen LogP contribution in [0.4, 0.5) is 0 Å². The Morgan fingerprint density at radius 1 is 1.67 bits per heavy atom. The zero-order valence-corrected chi connectivity index (χ0v) is 7.32. The van der Waals surface area contributed by atoms with Crippen LogP contribution in [-0.2, 0) is 11.2 Å². The van der Waals surface area contributed by atoms with Gasteiger partial charge in [0.2, 0.25) is 0 Å². The molecule has 1 aromatic heterocycles. The largest absolute Gasteiger partial charge is 0.368 e. The molecule has 1 unspecified atom stereocenters. The van der Waals surface area contributed by atoms with Gasteiger partial charge in [-0.1, -0.05) is 11.5 Å². The molecule has 3 nitrogen and oxygen atoms in total. The second-order valence-corrected chi connectivity index (χ2v) is 2.72. The van der Waals surface area contributed by atoms with Gasteiger partial charge in [0, 0.05) is 25.4 Å². The van der Waals surface area contributed by atoms with E-state index in [1.165, 1.54) is 7.11 Å². The fourth-order valence-corrected chi connectivity index (χ4v) is 0.881. The predicted octanol–water partition coefficient (Wildman–Crippen LogP) is -1.15. The molecule has 0 amide bonds. The molecule has 0 fully saturated rings. The summed E-state index contributed by atoms with van der Waals surface area (Å²) in [6.45, 7) is 0. The van der Waals surface area contributed by atoms with E-state index in [-0.39, 0.29) is 0 Å². The van der Waals surface area contributed by atoms with E-state index in [2.05, 4.69) is 4.98 Å². The molecule has 0 aliphatic heterocycles. The summed E-state index contributed by atoms with van der Waals surface area (Å²) in [6.07, 6.45) is 1.47. The highest BCUT2D eigenvalue weighted by molar-refractivity contribution is 6.31. The van der Waals surface area contributed by atoms with Crippen LogP contribution >= 0.6 is 0 Å². The summed E-state index contributed by atoms with van der Waals surface area (Å²) < 4.78 is 4.70. The first-order valence-corrected chi connectivity index (χ1v) is 3.85. The zero-order chi connectivity index (χ0) is 8.97. The minimum atomic E-state index is -0.750. The van der Waals surface area contributed by atoms with Crippen LogP contribution in [0.5, 0.6) is 0 Å². The summed E-state index contributed by atoms with van der Waals surface area (Å²) in [4.78, 5) is 4.13. The van der Waals surface area contributed by atoms with Crippen molar-refractivity contribution in [2.24, 2.45) is 0 Å². The normalized spacial score (nSPS) is 12.8. The molecular formula is C8H12BNO2. The molecule has 0 spiro atoms. The van der Waals surface area contributed by atoms with Crippen LogP contribution in [0.15, 0.2) is 18.3 Å². The first kappa shape index (κ1) is 9.22. The number of aliphatic hydroxyl groups is 1. The lowest BCUT2D eigenvalue weighted by molar-refractivity contribution is -0.0725. The number of hydrogen-bond donors (Lipinski definition) is 1. The first-order valence-electron chi connectivity index (χ1n) is 3.85. The van der Waals surface area contributed by atoms with Gasteiger partial charge in [0.1, 0.15) is 7.85 Å². The number of rotatable bonds is 3. The van der Waals surface area contributed by atoms with Crippen molar-refractivity contribution in [3.8, 4) is 0 Å². The topological polar surface area (TPSA) is 42.4 Å². The lowest BCUT2D eigenvalue weighted by Gasteiger charge is -2.06. The number of hydrogen-bond acceptors (Lipinski definition) is 3. The third-order valence-corrected chi connectivity index (χ3v) is 1.63. The van der Waals surface area contributed by atoms with E-state index in [4.69, 9.17) is 9.84 Å².